The van der Waals surface area contributed by atoms with Crippen LogP contribution in [0.1, 0.15) is 13.8 Å². The van der Waals surface area contributed by atoms with Crippen molar-refractivity contribution in [2.45, 2.75) is 26.4 Å². The van der Waals surface area contributed by atoms with Gasteiger partial charge in [-0.05, 0) is 23.6 Å². The summed E-state index contributed by atoms with van der Waals surface area (Å²) in [6.07, 6.45) is 2.15. The van der Waals surface area contributed by atoms with Gasteiger partial charge in [0.15, 0.2) is 0 Å². The molecule has 1 aromatic heterocycles. The van der Waals surface area contributed by atoms with Crippen LogP contribution in [0.3, 0.4) is 0 Å². The van der Waals surface area contributed by atoms with Gasteiger partial charge in [-0.25, -0.2) is 0 Å². The van der Waals surface area contributed by atoms with Crippen LogP contribution in [-0.4, -0.2) is 17.2 Å². The molecule has 0 amide bonds. The molecular weight excluding hydrogens is 264 g/mol. The van der Waals surface area contributed by atoms with Crippen molar-refractivity contribution in [2.75, 3.05) is 6.54 Å². The van der Waals surface area contributed by atoms with Gasteiger partial charge in [-0.3, -0.25) is 0 Å². The third-order valence-electron chi connectivity index (χ3n) is 2.64. The van der Waals surface area contributed by atoms with Crippen LogP contribution in [0.2, 0.25) is 0 Å². The zero-order valence-corrected chi connectivity index (χ0v) is 11.3. The van der Waals surface area contributed by atoms with E-state index in [0.29, 0.717) is 6.04 Å². The molecule has 1 N–H and O–H groups in total. The number of fused-ring (bicyclic) bond motifs is 1. The summed E-state index contributed by atoms with van der Waals surface area (Å²) in [5.41, 5.74) is 1.29. The minimum absolute atomic E-state index is 0.550. The number of aromatic nitrogens is 1. The largest absolute Gasteiger partial charge is 0.346 e. The lowest BCUT2D eigenvalue weighted by Gasteiger charge is -2.09. The summed E-state index contributed by atoms with van der Waals surface area (Å²) in [7, 11) is 0. The normalized spacial score (nSPS) is 11.5. The predicted molar refractivity (Wildman–Crippen MR) is 72.8 cm³/mol. The van der Waals surface area contributed by atoms with Gasteiger partial charge in [-0.15, -0.1) is 0 Å². The summed E-state index contributed by atoms with van der Waals surface area (Å²) < 4.78 is 3.42. The molecule has 0 fully saturated rings. The van der Waals surface area contributed by atoms with Gasteiger partial charge >= 0.3 is 0 Å². The molecule has 16 heavy (non-hydrogen) atoms. The Labute approximate surface area is 105 Å². The fraction of sp³-hybridized carbons (Fsp3) is 0.385. The van der Waals surface area contributed by atoms with Gasteiger partial charge in [0.2, 0.25) is 0 Å². The molecule has 0 atom stereocenters. The van der Waals surface area contributed by atoms with E-state index in [4.69, 9.17) is 0 Å². The third-order valence-corrected chi connectivity index (χ3v) is 3.13. The first-order valence-electron chi connectivity index (χ1n) is 5.64. The Morgan fingerprint density at radius 1 is 1.31 bits per heavy atom. The molecule has 0 aliphatic heterocycles. The van der Waals surface area contributed by atoms with Crippen molar-refractivity contribution in [3.63, 3.8) is 0 Å². The molecule has 0 saturated carbocycles. The Kier molecular flexibility index (Phi) is 3.66. The van der Waals surface area contributed by atoms with Crippen molar-refractivity contribution < 1.29 is 0 Å². The fourth-order valence-corrected chi connectivity index (χ4v) is 2.17. The second-order valence-electron chi connectivity index (χ2n) is 4.32. The molecule has 0 unspecified atom stereocenters. The quantitative estimate of drug-likeness (QED) is 0.908. The zero-order chi connectivity index (χ0) is 11.5. The van der Waals surface area contributed by atoms with Crippen molar-refractivity contribution in [3.8, 4) is 0 Å². The second kappa shape index (κ2) is 5.02. The van der Waals surface area contributed by atoms with Gasteiger partial charge in [0.25, 0.3) is 0 Å². The molecule has 1 aromatic carbocycles. The summed E-state index contributed by atoms with van der Waals surface area (Å²) >= 11 is 3.51. The standard InChI is InChI=1S/C13H17BrN2/c1-10(2)15-6-8-16-7-5-11-3-4-12(14)9-13(11)16/h3-5,7,9-10,15H,6,8H2,1-2H3. The van der Waals surface area contributed by atoms with E-state index in [-0.39, 0.29) is 0 Å². The topological polar surface area (TPSA) is 17.0 Å². The van der Waals surface area contributed by atoms with Gasteiger partial charge in [0.05, 0.1) is 0 Å². The van der Waals surface area contributed by atoms with Crippen molar-refractivity contribution in [1.29, 1.82) is 0 Å². The zero-order valence-electron chi connectivity index (χ0n) is 9.70. The van der Waals surface area contributed by atoms with Gasteiger partial charge in [-0.2, -0.15) is 0 Å². The highest BCUT2D eigenvalue weighted by atomic mass is 79.9. The molecule has 3 heteroatoms. The van der Waals surface area contributed by atoms with Crippen LogP contribution in [0.4, 0.5) is 0 Å². The van der Waals surface area contributed by atoms with E-state index in [9.17, 15) is 0 Å². The number of benzene rings is 1. The summed E-state index contributed by atoms with van der Waals surface area (Å²) in [4.78, 5) is 0. The van der Waals surface area contributed by atoms with Gasteiger partial charge in [-0.1, -0.05) is 35.8 Å². The summed E-state index contributed by atoms with van der Waals surface area (Å²) in [6.45, 7) is 6.36. The minimum atomic E-state index is 0.550. The molecule has 1 heterocycles. The number of nitrogens with zero attached hydrogens (tertiary/aromatic N) is 1. The molecule has 0 saturated heterocycles. The first kappa shape index (κ1) is 11.7. The van der Waals surface area contributed by atoms with Gasteiger partial charge in [0.1, 0.15) is 0 Å². The maximum atomic E-state index is 3.51. The minimum Gasteiger partial charge on any atom is -0.346 e. The molecule has 0 radical (unpaired) electrons. The first-order chi connectivity index (χ1) is 7.66. The molecule has 0 aliphatic rings. The number of hydrogen-bond acceptors (Lipinski definition) is 1. The van der Waals surface area contributed by atoms with E-state index in [2.05, 4.69) is 70.1 Å². The van der Waals surface area contributed by atoms with Crippen LogP contribution < -0.4 is 5.32 Å². The van der Waals surface area contributed by atoms with Crippen molar-refractivity contribution >= 4 is 26.8 Å². The Balaban J connectivity index is 2.15. The second-order valence-corrected chi connectivity index (χ2v) is 5.24. The molecular formula is C13H17BrN2. The Morgan fingerprint density at radius 3 is 2.88 bits per heavy atom. The number of rotatable bonds is 4. The summed E-state index contributed by atoms with van der Waals surface area (Å²) in [5, 5.41) is 4.73. The molecule has 86 valence electrons. The first-order valence-corrected chi connectivity index (χ1v) is 6.44. The molecule has 0 aliphatic carbocycles. The average Bonchev–Trinajstić information content (AvgIpc) is 2.60. The van der Waals surface area contributed by atoms with E-state index >= 15 is 0 Å². The van der Waals surface area contributed by atoms with E-state index in [1.54, 1.807) is 0 Å². The van der Waals surface area contributed by atoms with E-state index in [1.165, 1.54) is 10.9 Å². The maximum absolute atomic E-state index is 3.51. The lowest BCUT2D eigenvalue weighted by Crippen LogP contribution is -2.26. The number of halogens is 1. The summed E-state index contributed by atoms with van der Waals surface area (Å²) in [5.74, 6) is 0. The Hall–Kier alpha value is -0.800. The van der Waals surface area contributed by atoms with E-state index in [0.717, 1.165) is 17.6 Å². The van der Waals surface area contributed by atoms with E-state index < -0.39 is 0 Å². The number of hydrogen-bond donors (Lipinski definition) is 1. The molecule has 0 spiro atoms. The van der Waals surface area contributed by atoms with Crippen LogP contribution in [0.25, 0.3) is 10.9 Å². The van der Waals surface area contributed by atoms with Crippen LogP contribution in [0.15, 0.2) is 34.9 Å². The van der Waals surface area contributed by atoms with E-state index in [1.807, 2.05) is 0 Å². The molecule has 0 bridgehead atoms. The van der Waals surface area contributed by atoms with Crippen LogP contribution in [-0.2, 0) is 6.54 Å². The molecule has 2 rings (SSSR count). The van der Waals surface area contributed by atoms with Crippen LogP contribution in [0.5, 0.6) is 0 Å². The highest BCUT2D eigenvalue weighted by Crippen LogP contribution is 2.20. The summed E-state index contributed by atoms with van der Waals surface area (Å²) in [6, 6.07) is 9.11. The smallest absolute Gasteiger partial charge is 0.0492 e. The third kappa shape index (κ3) is 2.66. The van der Waals surface area contributed by atoms with Crippen LogP contribution in [0, 0.1) is 0 Å². The maximum Gasteiger partial charge on any atom is 0.0492 e. The molecule has 2 aromatic rings. The highest BCUT2D eigenvalue weighted by molar-refractivity contribution is 9.10. The highest BCUT2D eigenvalue weighted by Gasteiger charge is 2.01. The van der Waals surface area contributed by atoms with Crippen molar-refractivity contribution in [3.05, 3.63) is 34.9 Å². The Bertz CT molecular complexity index is 474. The SMILES string of the molecule is CC(C)NCCn1ccc2ccc(Br)cc21. The average molecular weight is 281 g/mol. The lowest BCUT2D eigenvalue weighted by atomic mass is 10.2. The van der Waals surface area contributed by atoms with Crippen molar-refractivity contribution in [1.82, 2.24) is 9.88 Å². The Morgan fingerprint density at radius 2 is 2.12 bits per heavy atom. The fourth-order valence-electron chi connectivity index (χ4n) is 1.83. The number of nitrogens with one attached hydrogen (secondary N) is 1. The lowest BCUT2D eigenvalue weighted by molar-refractivity contribution is 0.548. The monoisotopic (exact) mass is 280 g/mol. The van der Waals surface area contributed by atoms with Crippen molar-refractivity contribution in [2.24, 2.45) is 0 Å². The van der Waals surface area contributed by atoms with Gasteiger partial charge < -0.3 is 9.88 Å². The van der Waals surface area contributed by atoms with Gasteiger partial charge in [0, 0.05) is 35.3 Å². The molecule has 2 nitrogen and oxygen atoms in total. The van der Waals surface area contributed by atoms with Crippen LogP contribution >= 0.6 is 15.9 Å². The predicted octanol–water partition coefficient (Wildman–Crippen LogP) is 3.40.